The van der Waals surface area contributed by atoms with Crippen molar-refractivity contribution in [1.82, 2.24) is 0 Å². The lowest BCUT2D eigenvalue weighted by Crippen LogP contribution is -2.00. The van der Waals surface area contributed by atoms with Crippen molar-refractivity contribution >= 4 is 5.69 Å². The number of anilines is 1. The molecule has 2 aromatic carbocycles. The van der Waals surface area contributed by atoms with Gasteiger partial charge in [0.15, 0.2) is 0 Å². The fourth-order valence-corrected chi connectivity index (χ4v) is 2.00. The van der Waals surface area contributed by atoms with Gasteiger partial charge in [-0.05, 0) is 35.4 Å². The zero-order valence-corrected chi connectivity index (χ0v) is 12.3. The van der Waals surface area contributed by atoms with Gasteiger partial charge in [0.25, 0.3) is 0 Å². The molecule has 3 heteroatoms. The molecule has 0 aromatic heterocycles. The van der Waals surface area contributed by atoms with Crippen molar-refractivity contribution in [2.24, 2.45) is 0 Å². The molecule has 21 heavy (non-hydrogen) atoms. The molecular formula is C18H21NO2. The summed E-state index contributed by atoms with van der Waals surface area (Å²) in [5.74, 6) is 0.862. The van der Waals surface area contributed by atoms with Gasteiger partial charge in [0, 0.05) is 19.3 Å². The Bertz CT molecular complexity index is 564. The molecule has 2 rings (SSSR count). The summed E-state index contributed by atoms with van der Waals surface area (Å²) in [7, 11) is 1.70. The van der Waals surface area contributed by atoms with E-state index in [0.29, 0.717) is 13.2 Å². The number of nitrogens with one attached hydrogen (secondary N) is 1. The Morgan fingerprint density at radius 2 is 1.90 bits per heavy atom. The second-order valence-corrected chi connectivity index (χ2v) is 4.73. The van der Waals surface area contributed by atoms with Crippen molar-refractivity contribution < 1.29 is 9.47 Å². The molecule has 0 amide bonds. The third kappa shape index (κ3) is 4.97. The van der Waals surface area contributed by atoms with Crippen molar-refractivity contribution in [3.63, 3.8) is 0 Å². The van der Waals surface area contributed by atoms with Crippen LogP contribution in [0.1, 0.15) is 11.1 Å². The third-order valence-corrected chi connectivity index (χ3v) is 3.03. The van der Waals surface area contributed by atoms with Crippen LogP contribution in [0.3, 0.4) is 0 Å². The van der Waals surface area contributed by atoms with Crippen LogP contribution in [-0.2, 0) is 17.9 Å². The topological polar surface area (TPSA) is 30.5 Å². The van der Waals surface area contributed by atoms with Crippen LogP contribution >= 0.6 is 0 Å². The van der Waals surface area contributed by atoms with Crippen LogP contribution < -0.4 is 10.1 Å². The van der Waals surface area contributed by atoms with Crippen molar-refractivity contribution in [3.8, 4) is 5.75 Å². The van der Waals surface area contributed by atoms with E-state index in [-0.39, 0.29) is 0 Å². The van der Waals surface area contributed by atoms with Gasteiger partial charge in [0.05, 0.1) is 6.61 Å². The smallest absolute Gasteiger partial charge is 0.119 e. The second-order valence-electron chi connectivity index (χ2n) is 4.73. The number of methoxy groups -OCH3 is 1. The number of benzene rings is 2. The number of hydrogen-bond acceptors (Lipinski definition) is 3. The molecule has 0 bridgehead atoms. The van der Waals surface area contributed by atoms with Gasteiger partial charge in [-0.3, -0.25) is 0 Å². The summed E-state index contributed by atoms with van der Waals surface area (Å²) in [5.41, 5.74) is 3.46. The lowest BCUT2D eigenvalue weighted by atomic mass is 10.2. The molecule has 2 aromatic rings. The van der Waals surface area contributed by atoms with Gasteiger partial charge >= 0.3 is 0 Å². The Morgan fingerprint density at radius 1 is 1.10 bits per heavy atom. The van der Waals surface area contributed by atoms with E-state index < -0.39 is 0 Å². The van der Waals surface area contributed by atoms with E-state index in [0.717, 1.165) is 23.5 Å². The quantitative estimate of drug-likeness (QED) is 0.742. The molecule has 0 aliphatic heterocycles. The molecule has 0 unspecified atom stereocenters. The summed E-state index contributed by atoms with van der Waals surface area (Å²) in [6, 6.07) is 16.3. The van der Waals surface area contributed by atoms with E-state index in [1.54, 1.807) is 13.2 Å². The fraction of sp³-hybridized carbons (Fsp3) is 0.222. The summed E-state index contributed by atoms with van der Waals surface area (Å²) in [5, 5.41) is 3.41. The summed E-state index contributed by atoms with van der Waals surface area (Å²) >= 11 is 0. The monoisotopic (exact) mass is 283 g/mol. The standard InChI is InChI=1S/C18H21NO2/c1-3-11-21-18-9-7-15(8-10-18)13-19-17-6-4-5-16(12-17)14-20-2/h3-10,12,19H,1,11,13-14H2,2H3. The van der Waals surface area contributed by atoms with Crippen molar-refractivity contribution in [3.05, 3.63) is 72.3 Å². The van der Waals surface area contributed by atoms with Gasteiger partial charge in [0.2, 0.25) is 0 Å². The van der Waals surface area contributed by atoms with Crippen LogP contribution in [0.25, 0.3) is 0 Å². The van der Waals surface area contributed by atoms with E-state index in [1.165, 1.54) is 5.56 Å². The highest BCUT2D eigenvalue weighted by Gasteiger charge is 1.98. The molecule has 0 saturated heterocycles. The molecule has 0 aliphatic rings. The molecular weight excluding hydrogens is 262 g/mol. The minimum atomic E-state index is 0.532. The van der Waals surface area contributed by atoms with Gasteiger partial charge in [0.1, 0.15) is 12.4 Å². The van der Waals surface area contributed by atoms with E-state index in [4.69, 9.17) is 9.47 Å². The highest BCUT2D eigenvalue weighted by Crippen LogP contribution is 2.15. The maximum atomic E-state index is 5.46. The zero-order valence-electron chi connectivity index (χ0n) is 12.3. The number of ether oxygens (including phenoxy) is 2. The molecule has 0 aliphatic carbocycles. The normalized spacial score (nSPS) is 10.1. The average molecular weight is 283 g/mol. The second kappa shape index (κ2) is 8.12. The van der Waals surface area contributed by atoms with Crippen LogP contribution in [0.5, 0.6) is 5.75 Å². The van der Waals surface area contributed by atoms with Crippen molar-refractivity contribution in [2.75, 3.05) is 19.0 Å². The SMILES string of the molecule is C=CCOc1ccc(CNc2cccc(COC)c2)cc1. The molecule has 0 saturated carbocycles. The first-order valence-corrected chi connectivity index (χ1v) is 6.96. The van der Waals surface area contributed by atoms with E-state index in [2.05, 4.69) is 42.2 Å². The molecule has 110 valence electrons. The summed E-state index contributed by atoms with van der Waals surface area (Å²) in [6.45, 7) is 5.57. The number of rotatable bonds is 8. The Balaban J connectivity index is 1.90. The molecule has 0 atom stereocenters. The van der Waals surface area contributed by atoms with Crippen LogP contribution in [0.4, 0.5) is 5.69 Å². The Labute approximate surface area is 126 Å². The maximum absolute atomic E-state index is 5.46. The molecule has 0 fully saturated rings. The Morgan fingerprint density at radius 3 is 2.62 bits per heavy atom. The minimum absolute atomic E-state index is 0.532. The largest absolute Gasteiger partial charge is 0.490 e. The first kappa shape index (κ1) is 15.1. The fourth-order valence-electron chi connectivity index (χ4n) is 2.00. The molecule has 0 spiro atoms. The minimum Gasteiger partial charge on any atom is -0.490 e. The first-order valence-electron chi connectivity index (χ1n) is 6.96. The zero-order chi connectivity index (χ0) is 14.9. The lowest BCUT2D eigenvalue weighted by molar-refractivity contribution is 0.185. The average Bonchev–Trinajstić information content (AvgIpc) is 2.53. The maximum Gasteiger partial charge on any atom is 0.119 e. The highest BCUT2D eigenvalue weighted by molar-refractivity contribution is 5.46. The Hall–Kier alpha value is -2.26. The third-order valence-electron chi connectivity index (χ3n) is 3.03. The van der Waals surface area contributed by atoms with Crippen LogP contribution in [-0.4, -0.2) is 13.7 Å². The van der Waals surface area contributed by atoms with Crippen molar-refractivity contribution in [1.29, 1.82) is 0 Å². The highest BCUT2D eigenvalue weighted by atomic mass is 16.5. The molecule has 0 radical (unpaired) electrons. The van der Waals surface area contributed by atoms with Gasteiger partial charge in [-0.2, -0.15) is 0 Å². The predicted octanol–water partition coefficient (Wildman–Crippen LogP) is 4.01. The summed E-state index contributed by atoms with van der Waals surface area (Å²) in [6.07, 6.45) is 1.74. The molecule has 1 N–H and O–H groups in total. The van der Waals surface area contributed by atoms with Gasteiger partial charge < -0.3 is 14.8 Å². The van der Waals surface area contributed by atoms with Crippen LogP contribution in [0.15, 0.2) is 61.2 Å². The number of hydrogen-bond donors (Lipinski definition) is 1. The summed E-state index contributed by atoms with van der Waals surface area (Å²) in [4.78, 5) is 0. The van der Waals surface area contributed by atoms with Crippen LogP contribution in [0.2, 0.25) is 0 Å². The van der Waals surface area contributed by atoms with E-state index >= 15 is 0 Å². The van der Waals surface area contributed by atoms with Crippen LogP contribution in [0, 0.1) is 0 Å². The molecule has 3 nitrogen and oxygen atoms in total. The van der Waals surface area contributed by atoms with E-state index in [1.807, 2.05) is 18.2 Å². The van der Waals surface area contributed by atoms with Gasteiger partial charge in [-0.25, -0.2) is 0 Å². The molecule has 0 heterocycles. The first-order chi connectivity index (χ1) is 10.3. The van der Waals surface area contributed by atoms with Gasteiger partial charge in [-0.15, -0.1) is 0 Å². The summed E-state index contributed by atoms with van der Waals surface area (Å²) < 4.78 is 10.6. The van der Waals surface area contributed by atoms with E-state index in [9.17, 15) is 0 Å². The predicted molar refractivity (Wildman–Crippen MR) is 86.6 cm³/mol. The van der Waals surface area contributed by atoms with Gasteiger partial charge in [-0.1, -0.05) is 36.9 Å². The lowest BCUT2D eigenvalue weighted by Gasteiger charge is -2.09. The Kier molecular flexibility index (Phi) is 5.85. The van der Waals surface area contributed by atoms with Crippen molar-refractivity contribution in [2.45, 2.75) is 13.2 Å².